The van der Waals surface area contributed by atoms with E-state index in [1.54, 1.807) is 0 Å². The van der Waals surface area contributed by atoms with Crippen molar-refractivity contribution in [3.63, 3.8) is 0 Å². The summed E-state index contributed by atoms with van der Waals surface area (Å²) in [6.07, 6.45) is 18.0. The molecule has 0 aliphatic carbocycles. The minimum Gasteiger partial charge on any atom is -0.550 e. The molecule has 0 heterocycles. The quantitative estimate of drug-likeness (QED) is 0.370. The zero-order valence-electron chi connectivity index (χ0n) is 13.7. The lowest BCUT2D eigenvalue weighted by Gasteiger charge is -2.02. The third kappa shape index (κ3) is 19.2. The Morgan fingerprint density at radius 3 is 1.90 bits per heavy atom. The average molecular weight is 297 g/mol. The molecule has 0 aromatic carbocycles. The predicted octanol–water partition coefficient (Wildman–Crippen LogP) is 3.74. The number of hydrogen-bond donors (Lipinski definition) is 1. The van der Waals surface area contributed by atoms with E-state index in [9.17, 15) is 9.90 Å². The highest BCUT2D eigenvalue weighted by molar-refractivity contribution is 5.63. The smallest absolute Gasteiger partial charge is 0.0512 e. The van der Waals surface area contributed by atoms with E-state index in [4.69, 9.17) is 5.11 Å². The lowest BCUT2D eigenvalue weighted by molar-refractivity contribution is -0.305. The number of aliphatic hydroxyl groups excluding tert-OH is 1. The van der Waals surface area contributed by atoms with Crippen molar-refractivity contribution in [2.24, 2.45) is 0 Å². The Kier molecular flexibility index (Phi) is 14.9. The van der Waals surface area contributed by atoms with Gasteiger partial charge < -0.3 is 15.0 Å². The van der Waals surface area contributed by atoms with Gasteiger partial charge in [0.1, 0.15) is 0 Å². The van der Waals surface area contributed by atoms with Gasteiger partial charge in [0.2, 0.25) is 0 Å². The minimum atomic E-state index is -0.927. The van der Waals surface area contributed by atoms with Crippen LogP contribution in [0.5, 0.6) is 0 Å². The Morgan fingerprint density at radius 2 is 1.38 bits per heavy atom. The summed E-state index contributed by atoms with van der Waals surface area (Å²) < 4.78 is 0. The van der Waals surface area contributed by atoms with E-state index in [-0.39, 0.29) is 12.5 Å². The molecule has 0 aromatic heterocycles. The van der Waals surface area contributed by atoms with Gasteiger partial charge in [-0.05, 0) is 51.9 Å². The number of hydrogen-bond acceptors (Lipinski definition) is 3. The van der Waals surface area contributed by atoms with Gasteiger partial charge in [0, 0.05) is 5.97 Å². The summed E-state index contributed by atoms with van der Waals surface area (Å²) in [7, 11) is 0. The molecule has 0 fully saturated rings. The number of rotatable bonds is 15. The highest BCUT2D eigenvalue weighted by Gasteiger charge is 1.95. The van der Waals surface area contributed by atoms with Crippen LogP contribution in [0.3, 0.4) is 0 Å². The van der Waals surface area contributed by atoms with Gasteiger partial charge in [0.25, 0.3) is 0 Å². The largest absolute Gasteiger partial charge is 0.550 e. The number of carbonyl (C=O) groups is 1. The van der Waals surface area contributed by atoms with Gasteiger partial charge in [0.05, 0.1) is 6.10 Å². The summed E-state index contributed by atoms with van der Waals surface area (Å²) in [6.45, 7) is 1.85. The molecule has 1 atom stereocenters. The van der Waals surface area contributed by atoms with Gasteiger partial charge in [-0.15, -0.1) is 0 Å². The molecular weight excluding hydrogens is 264 g/mol. The third-order valence-electron chi connectivity index (χ3n) is 3.66. The third-order valence-corrected chi connectivity index (χ3v) is 3.66. The van der Waals surface area contributed by atoms with Crippen LogP contribution in [-0.4, -0.2) is 17.2 Å². The van der Waals surface area contributed by atoms with Crippen molar-refractivity contribution in [3.05, 3.63) is 12.2 Å². The van der Waals surface area contributed by atoms with Crippen LogP contribution in [-0.2, 0) is 4.79 Å². The molecule has 0 rings (SSSR count). The number of unbranched alkanes of at least 4 members (excludes halogenated alkanes) is 9. The van der Waals surface area contributed by atoms with Crippen LogP contribution in [0.2, 0.25) is 0 Å². The molecule has 124 valence electrons. The van der Waals surface area contributed by atoms with Crippen molar-refractivity contribution in [1.29, 1.82) is 0 Å². The fourth-order valence-corrected chi connectivity index (χ4v) is 2.35. The van der Waals surface area contributed by atoms with Crippen LogP contribution in [0.15, 0.2) is 12.2 Å². The summed E-state index contributed by atoms with van der Waals surface area (Å²) in [6, 6.07) is 0. The molecule has 1 unspecified atom stereocenters. The molecule has 0 saturated heterocycles. The van der Waals surface area contributed by atoms with E-state index in [1.807, 2.05) is 6.92 Å². The first-order chi connectivity index (χ1) is 10.1. The van der Waals surface area contributed by atoms with Gasteiger partial charge >= 0.3 is 0 Å². The summed E-state index contributed by atoms with van der Waals surface area (Å²) >= 11 is 0. The SMILES string of the molecule is CC(O)CCCCCC/C=C/CCCCCCCC(=O)[O-]. The van der Waals surface area contributed by atoms with Crippen LogP contribution in [0.1, 0.15) is 90.4 Å². The summed E-state index contributed by atoms with van der Waals surface area (Å²) in [5.41, 5.74) is 0. The fraction of sp³-hybridized carbons (Fsp3) is 0.833. The van der Waals surface area contributed by atoms with Crippen LogP contribution in [0.25, 0.3) is 0 Å². The zero-order valence-corrected chi connectivity index (χ0v) is 13.7. The molecule has 3 nitrogen and oxygen atoms in total. The lowest BCUT2D eigenvalue weighted by Crippen LogP contribution is -2.21. The molecular formula is C18H33O3-. The monoisotopic (exact) mass is 297 g/mol. The predicted molar refractivity (Wildman–Crippen MR) is 85.8 cm³/mol. The summed E-state index contributed by atoms with van der Waals surface area (Å²) in [5.74, 6) is -0.927. The molecule has 0 amide bonds. The van der Waals surface area contributed by atoms with Gasteiger partial charge in [-0.1, -0.05) is 50.7 Å². The second-order valence-corrected chi connectivity index (χ2v) is 5.99. The minimum absolute atomic E-state index is 0.148. The van der Waals surface area contributed by atoms with Crippen molar-refractivity contribution < 1.29 is 15.0 Å². The Hall–Kier alpha value is -0.830. The molecule has 0 radical (unpaired) electrons. The molecule has 0 bridgehead atoms. The molecule has 3 heteroatoms. The van der Waals surface area contributed by atoms with Crippen molar-refractivity contribution in [2.45, 2.75) is 96.5 Å². The van der Waals surface area contributed by atoms with E-state index >= 15 is 0 Å². The number of carbonyl (C=O) groups excluding carboxylic acids is 1. The van der Waals surface area contributed by atoms with Gasteiger partial charge in [-0.2, -0.15) is 0 Å². The first-order valence-electron chi connectivity index (χ1n) is 8.66. The lowest BCUT2D eigenvalue weighted by atomic mass is 10.1. The van der Waals surface area contributed by atoms with Crippen molar-refractivity contribution >= 4 is 5.97 Å². The molecule has 0 spiro atoms. The molecule has 0 saturated carbocycles. The number of aliphatic carboxylic acids is 1. The van der Waals surface area contributed by atoms with E-state index in [0.29, 0.717) is 0 Å². The number of carboxylic acids is 1. The Bertz CT molecular complexity index is 259. The van der Waals surface area contributed by atoms with Gasteiger partial charge in [-0.25, -0.2) is 0 Å². The average Bonchev–Trinajstić information content (AvgIpc) is 2.42. The van der Waals surface area contributed by atoms with E-state index in [1.165, 1.54) is 38.5 Å². The van der Waals surface area contributed by atoms with Crippen molar-refractivity contribution in [3.8, 4) is 0 Å². The first kappa shape index (κ1) is 20.2. The van der Waals surface area contributed by atoms with Crippen molar-refractivity contribution in [2.75, 3.05) is 0 Å². The van der Waals surface area contributed by atoms with E-state index in [2.05, 4.69) is 12.2 Å². The maximum Gasteiger partial charge on any atom is 0.0512 e. The van der Waals surface area contributed by atoms with Crippen LogP contribution < -0.4 is 5.11 Å². The number of carboxylic acid groups (broad SMARTS) is 1. The second-order valence-electron chi connectivity index (χ2n) is 5.99. The molecule has 0 aliphatic rings. The topological polar surface area (TPSA) is 60.4 Å². The number of aliphatic hydroxyl groups is 1. The summed E-state index contributed by atoms with van der Waals surface area (Å²) in [5, 5.41) is 19.3. The molecule has 0 aliphatic heterocycles. The van der Waals surface area contributed by atoms with E-state index < -0.39 is 5.97 Å². The maximum absolute atomic E-state index is 10.2. The van der Waals surface area contributed by atoms with Crippen LogP contribution in [0, 0.1) is 0 Å². The van der Waals surface area contributed by atoms with Gasteiger partial charge in [0.15, 0.2) is 0 Å². The van der Waals surface area contributed by atoms with Crippen LogP contribution >= 0.6 is 0 Å². The highest BCUT2D eigenvalue weighted by atomic mass is 16.4. The summed E-state index contributed by atoms with van der Waals surface area (Å²) in [4.78, 5) is 10.2. The van der Waals surface area contributed by atoms with Crippen molar-refractivity contribution in [1.82, 2.24) is 0 Å². The first-order valence-corrected chi connectivity index (χ1v) is 8.66. The molecule has 0 aromatic rings. The fourth-order valence-electron chi connectivity index (χ4n) is 2.35. The standard InChI is InChI=1S/C18H34O3/c1-17(19)15-13-11-9-7-5-3-2-4-6-8-10-12-14-16-18(20)21/h2-3,17,19H,4-16H2,1H3,(H,20,21)/p-1/b3-2+. The van der Waals surface area contributed by atoms with Gasteiger partial charge in [-0.3, -0.25) is 0 Å². The second kappa shape index (κ2) is 15.6. The zero-order chi connectivity index (χ0) is 15.8. The number of allylic oxidation sites excluding steroid dienone is 2. The normalized spacial score (nSPS) is 12.9. The van der Waals surface area contributed by atoms with E-state index in [0.717, 1.165) is 38.5 Å². The van der Waals surface area contributed by atoms with Crippen LogP contribution in [0.4, 0.5) is 0 Å². The Labute approximate surface area is 130 Å². The maximum atomic E-state index is 10.2. The molecule has 21 heavy (non-hydrogen) atoms. The highest BCUT2D eigenvalue weighted by Crippen LogP contribution is 2.09. The molecule has 1 N–H and O–H groups in total. The Balaban J connectivity index is 3.10. The Morgan fingerprint density at radius 1 is 0.905 bits per heavy atom.